The number of aliphatic carboxylic acids is 1. The lowest BCUT2D eigenvalue weighted by molar-refractivity contribution is -0.156. The summed E-state index contributed by atoms with van der Waals surface area (Å²) in [7, 11) is 3.54. The maximum atomic E-state index is 13.1. The monoisotopic (exact) mass is 241 g/mol. The second-order valence-corrected chi connectivity index (χ2v) is 4.42. The van der Waals surface area contributed by atoms with E-state index in [1.54, 1.807) is 25.1 Å². The fourth-order valence-corrected chi connectivity index (χ4v) is 1.58. The molecule has 0 bridgehead atoms. The van der Waals surface area contributed by atoms with Crippen molar-refractivity contribution in [1.29, 1.82) is 0 Å². The third-order valence-electron chi connectivity index (χ3n) is 2.52. The molecule has 1 aromatic rings. The van der Waals surface area contributed by atoms with Crippen LogP contribution in [-0.4, -0.2) is 35.9 Å². The lowest BCUT2D eigenvalue weighted by Crippen LogP contribution is -2.37. The van der Waals surface area contributed by atoms with Gasteiger partial charge < -0.3 is 15.1 Å². The van der Waals surface area contributed by atoms with Gasteiger partial charge in [0, 0.05) is 26.2 Å². The van der Waals surface area contributed by atoms with E-state index in [2.05, 4.69) is 0 Å². The Bertz CT molecular complexity index is 430. The van der Waals surface area contributed by atoms with Crippen molar-refractivity contribution >= 4 is 11.7 Å². The summed E-state index contributed by atoms with van der Waals surface area (Å²) in [6, 6.07) is 4.10. The summed E-state index contributed by atoms with van der Waals surface area (Å²) < 4.78 is 13.1. The molecule has 4 nitrogen and oxygen atoms in total. The first-order valence-electron chi connectivity index (χ1n) is 5.15. The standard InChI is InChI=1S/C12H16FNO3/c1-12(17,11(15)16)7-8-6-9(13)4-5-10(8)14(2)3/h4-6,17H,7H2,1-3H3,(H,15,16). The molecule has 17 heavy (non-hydrogen) atoms. The van der Waals surface area contributed by atoms with Gasteiger partial charge in [0.05, 0.1) is 0 Å². The molecular formula is C12H16FNO3. The lowest BCUT2D eigenvalue weighted by Gasteiger charge is -2.23. The van der Waals surface area contributed by atoms with E-state index < -0.39 is 17.4 Å². The number of carbonyl (C=O) groups is 1. The fraction of sp³-hybridized carbons (Fsp3) is 0.417. The molecule has 0 aliphatic rings. The van der Waals surface area contributed by atoms with E-state index in [9.17, 15) is 14.3 Å². The number of aliphatic hydroxyl groups is 1. The predicted octanol–water partition coefficient (Wildman–Crippen LogP) is 1.27. The smallest absolute Gasteiger partial charge is 0.335 e. The highest BCUT2D eigenvalue weighted by molar-refractivity contribution is 5.77. The van der Waals surface area contributed by atoms with Gasteiger partial charge in [-0.3, -0.25) is 0 Å². The Morgan fingerprint density at radius 2 is 2.06 bits per heavy atom. The first-order chi connectivity index (χ1) is 7.74. The van der Waals surface area contributed by atoms with Crippen LogP contribution in [0.5, 0.6) is 0 Å². The van der Waals surface area contributed by atoms with E-state index in [0.717, 1.165) is 0 Å². The molecule has 2 N–H and O–H groups in total. The minimum absolute atomic E-state index is 0.145. The van der Waals surface area contributed by atoms with Gasteiger partial charge in [0.2, 0.25) is 0 Å². The number of hydrogen-bond donors (Lipinski definition) is 2. The van der Waals surface area contributed by atoms with Crippen molar-refractivity contribution in [3.63, 3.8) is 0 Å². The largest absolute Gasteiger partial charge is 0.479 e. The number of anilines is 1. The number of benzene rings is 1. The molecule has 1 unspecified atom stereocenters. The maximum Gasteiger partial charge on any atom is 0.335 e. The van der Waals surface area contributed by atoms with Crippen molar-refractivity contribution in [2.45, 2.75) is 18.9 Å². The molecule has 1 atom stereocenters. The van der Waals surface area contributed by atoms with Gasteiger partial charge in [-0.15, -0.1) is 0 Å². The lowest BCUT2D eigenvalue weighted by atomic mass is 9.95. The summed E-state index contributed by atoms with van der Waals surface area (Å²) in [6.45, 7) is 1.19. The van der Waals surface area contributed by atoms with Crippen LogP contribution < -0.4 is 4.90 Å². The Morgan fingerprint density at radius 1 is 1.47 bits per heavy atom. The molecule has 0 heterocycles. The predicted molar refractivity (Wildman–Crippen MR) is 62.7 cm³/mol. The molecule has 0 aliphatic carbocycles. The third kappa shape index (κ3) is 3.17. The molecule has 94 valence electrons. The van der Waals surface area contributed by atoms with E-state index in [1.807, 2.05) is 0 Å². The van der Waals surface area contributed by atoms with Crippen molar-refractivity contribution in [3.05, 3.63) is 29.6 Å². The molecule has 0 aromatic heterocycles. The number of rotatable bonds is 4. The van der Waals surface area contributed by atoms with Crippen LogP contribution in [0.2, 0.25) is 0 Å². The second kappa shape index (κ2) is 4.71. The van der Waals surface area contributed by atoms with Crippen molar-refractivity contribution in [2.75, 3.05) is 19.0 Å². The second-order valence-electron chi connectivity index (χ2n) is 4.42. The first-order valence-corrected chi connectivity index (χ1v) is 5.15. The maximum absolute atomic E-state index is 13.1. The molecule has 0 aliphatic heterocycles. The van der Waals surface area contributed by atoms with Gasteiger partial charge in [0.1, 0.15) is 5.82 Å². The Hall–Kier alpha value is -1.62. The van der Waals surface area contributed by atoms with Gasteiger partial charge in [-0.1, -0.05) is 0 Å². The number of nitrogens with zero attached hydrogens (tertiary/aromatic N) is 1. The van der Waals surface area contributed by atoms with Gasteiger partial charge in [-0.2, -0.15) is 0 Å². The van der Waals surface area contributed by atoms with Crippen LogP contribution in [0.15, 0.2) is 18.2 Å². The molecule has 1 aromatic carbocycles. The van der Waals surface area contributed by atoms with E-state index >= 15 is 0 Å². The van der Waals surface area contributed by atoms with E-state index in [0.29, 0.717) is 11.3 Å². The van der Waals surface area contributed by atoms with Crippen LogP contribution >= 0.6 is 0 Å². The Labute approximate surface area is 99.3 Å². The summed E-state index contributed by atoms with van der Waals surface area (Å²) in [5.41, 5.74) is -0.756. The molecule has 0 fully saturated rings. The van der Waals surface area contributed by atoms with Gasteiger partial charge >= 0.3 is 5.97 Å². The number of halogens is 1. The zero-order chi connectivity index (χ0) is 13.2. The van der Waals surface area contributed by atoms with Crippen molar-refractivity contribution in [1.82, 2.24) is 0 Å². The zero-order valence-corrected chi connectivity index (χ0v) is 10.1. The minimum Gasteiger partial charge on any atom is -0.479 e. The van der Waals surface area contributed by atoms with Gasteiger partial charge in [-0.25, -0.2) is 9.18 Å². The highest BCUT2D eigenvalue weighted by atomic mass is 19.1. The van der Waals surface area contributed by atoms with Gasteiger partial charge in [-0.05, 0) is 30.7 Å². The van der Waals surface area contributed by atoms with Crippen LogP contribution in [0.25, 0.3) is 0 Å². The number of carboxylic acids is 1. The molecule has 0 saturated carbocycles. The fourth-order valence-electron chi connectivity index (χ4n) is 1.58. The van der Waals surface area contributed by atoms with Gasteiger partial charge in [0.15, 0.2) is 5.60 Å². The minimum atomic E-state index is -1.90. The Kier molecular flexibility index (Phi) is 3.72. The third-order valence-corrected chi connectivity index (χ3v) is 2.52. The highest BCUT2D eigenvalue weighted by Gasteiger charge is 2.31. The topological polar surface area (TPSA) is 60.8 Å². The van der Waals surface area contributed by atoms with Crippen LogP contribution in [0.4, 0.5) is 10.1 Å². The normalized spacial score (nSPS) is 14.2. The van der Waals surface area contributed by atoms with E-state index in [1.165, 1.54) is 19.1 Å². The first kappa shape index (κ1) is 13.4. The van der Waals surface area contributed by atoms with Crippen molar-refractivity contribution in [3.8, 4) is 0 Å². The molecule has 0 amide bonds. The summed E-state index contributed by atoms with van der Waals surface area (Å²) in [5, 5.41) is 18.5. The quantitative estimate of drug-likeness (QED) is 0.833. The zero-order valence-electron chi connectivity index (χ0n) is 10.1. The van der Waals surface area contributed by atoms with Crippen LogP contribution in [0, 0.1) is 5.82 Å². The van der Waals surface area contributed by atoms with E-state index in [4.69, 9.17) is 5.11 Å². The summed E-state index contributed by atoms with van der Waals surface area (Å²) in [6.07, 6.45) is -0.145. The Morgan fingerprint density at radius 3 is 2.53 bits per heavy atom. The number of carboxylic acid groups (broad SMARTS) is 1. The molecule has 0 spiro atoms. The summed E-state index contributed by atoms with van der Waals surface area (Å²) in [4.78, 5) is 12.6. The average molecular weight is 241 g/mol. The van der Waals surface area contributed by atoms with Crippen molar-refractivity contribution in [2.24, 2.45) is 0 Å². The molecule has 1 rings (SSSR count). The van der Waals surface area contributed by atoms with Crippen LogP contribution in [-0.2, 0) is 11.2 Å². The summed E-state index contributed by atoms with van der Waals surface area (Å²) in [5.74, 6) is -1.78. The highest BCUT2D eigenvalue weighted by Crippen LogP contribution is 2.24. The molecular weight excluding hydrogens is 225 g/mol. The molecule has 5 heteroatoms. The molecule has 0 saturated heterocycles. The average Bonchev–Trinajstić information content (AvgIpc) is 2.15. The SMILES string of the molecule is CN(C)c1ccc(F)cc1CC(C)(O)C(=O)O. The van der Waals surface area contributed by atoms with Crippen LogP contribution in [0.1, 0.15) is 12.5 Å². The Balaban J connectivity index is 3.12. The number of hydrogen-bond acceptors (Lipinski definition) is 3. The van der Waals surface area contributed by atoms with E-state index in [-0.39, 0.29) is 6.42 Å². The van der Waals surface area contributed by atoms with Crippen molar-refractivity contribution < 1.29 is 19.4 Å². The molecule has 0 radical (unpaired) electrons. The summed E-state index contributed by atoms with van der Waals surface area (Å²) >= 11 is 0. The van der Waals surface area contributed by atoms with Crippen LogP contribution in [0.3, 0.4) is 0 Å². The van der Waals surface area contributed by atoms with Gasteiger partial charge in [0.25, 0.3) is 0 Å².